The van der Waals surface area contributed by atoms with Crippen LogP contribution in [0.15, 0.2) is 36.9 Å². The number of carboxylic acids is 1. The van der Waals surface area contributed by atoms with Crippen molar-refractivity contribution < 1.29 is 19.6 Å². The number of aliphatic carboxylic acids is 1. The van der Waals surface area contributed by atoms with E-state index in [1.165, 1.54) is 35.3 Å². The van der Waals surface area contributed by atoms with E-state index in [1.807, 2.05) is 0 Å². The largest absolute Gasteiger partial charge is 0.481 e. The molecule has 1 aromatic heterocycles. The molecule has 1 amide bonds. The lowest BCUT2D eigenvalue weighted by atomic mass is 9.86. The van der Waals surface area contributed by atoms with Gasteiger partial charge in [0.1, 0.15) is 5.69 Å². The SMILES string of the molecule is O=C(NC1CCCCCCC1C(=O)O)c1ccc(-n2ccnc2)c([N+](=O)[O-])c1. The number of hydrogen-bond donors (Lipinski definition) is 2. The van der Waals surface area contributed by atoms with Gasteiger partial charge < -0.3 is 15.0 Å². The first-order chi connectivity index (χ1) is 13.5. The molecule has 3 rings (SSSR count). The minimum absolute atomic E-state index is 0.127. The van der Waals surface area contributed by atoms with E-state index in [0.29, 0.717) is 18.5 Å². The van der Waals surface area contributed by atoms with Crippen molar-refractivity contribution in [3.63, 3.8) is 0 Å². The fourth-order valence-electron chi connectivity index (χ4n) is 3.64. The number of carboxylic acid groups (broad SMARTS) is 1. The molecular formula is C19H22N4O5. The molecule has 148 valence electrons. The average Bonchev–Trinajstić information content (AvgIpc) is 3.17. The molecule has 1 fully saturated rings. The summed E-state index contributed by atoms with van der Waals surface area (Å²) >= 11 is 0. The van der Waals surface area contributed by atoms with E-state index in [-0.39, 0.29) is 11.3 Å². The summed E-state index contributed by atoms with van der Waals surface area (Å²) in [5.74, 6) is -2.07. The highest BCUT2D eigenvalue weighted by molar-refractivity contribution is 5.95. The number of amides is 1. The Bertz CT molecular complexity index is 865. The molecule has 28 heavy (non-hydrogen) atoms. The Balaban J connectivity index is 1.84. The van der Waals surface area contributed by atoms with Gasteiger partial charge in [-0.1, -0.05) is 25.7 Å². The van der Waals surface area contributed by atoms with Crippen molar-refractivity contribution in [2.75, 3.05) is 0 Å². The molecule has 2 aromatic rings. The van der Waals surface area contributed by atoms with Crippen LogP contribution >= 0.6 is 0 Å². The van der Waals surface area contributed by atoms with Gasteiger partial charge in [0.25, 0.3) is 11.6 Å². The van der Waals surface area contributed by atoms with Crippen LogP contribution in [0.5, 0.6) is 0 Å². The van der Waals surface area contributed by atoms with Crippen LogP contribution in [0, 0.1) is 16.0 Å². The molecule has 1 aliphatic rings. The van der Waals surface area contributed by atoms with E-state index in [2.05, 4.69) is 10.3 Å². The van der Waals surface area contributed by atoms with Gasteiger partial charge in [0.15, 0.2) is 0 Å². The minimum atomic E-state index is -0.923. The van der Waals surface area contributed by atoms with Crippen molar-refractivity contribution in [2.45, 2.75) is 44.6 Å². The molecule has 0 radical (unpaired) electrons. The minimum Gasteiger partial charge on any atom is -0.481 e. The molecule has 9 nitrogen and oxygen atoms in total. The molecule has 2 unspecified atom stereocenters. The Morgan fingerprint density at radius 1 is 1.21 bits per heavy atom. The van der Waals surface area contributed by atoms with E-state index in [0.717, 1.165) is 25.7 Å². The monoisotopic (exact) mass is 386 g/mol. The highest BCUT2D eigenvalue weighted by Crippen LogP contribution is 2.26. The van der Waals surface area contributed by atoms with Gasteiger partial charge in [0, 0.05) is 30.1 Å². The molecule has 9 heteroatoms. The van der Waals surface area contributed by atoms with Crippen LogP contribution in [0.2, 0.25) is 0 Å². The topological polar surface area (TPSA) is 127 Å². The number of imidazole rings is 1. The Labute approximate surface area is 161 Å². The number of aromatic nitrogens is 2. The van der Waals surface area contributed by atoms with Crippen molar-refractivity contribution in [3.05, 3.63) is 52.6 Å². The third-order valence-corrected chi connectivity index (χ3v) is 5.12. The molecule has 1 aliphatic carbocycles. The molecule has 1 saturated carbocycles. The lowest BCUT2D eigenvalue weighted by Crippen LogP contribution is -2.43. The van der Waals surface area contributed by atoms with Gasteiger partial charge in [-0.05, 0) is 25.0 Å². The predicted molar refractivity (Wildman–Crippen MR) is 100 cm³/mol. The Morgan fingerprint density at radius 3 is 2.61 bits per heavy atom. The predicted octanol–water partition coefficient (Wildman–Crippen LogP) is 2.93. The number of hydrogen-bond acceptors (Lipinski definition) is 5. The zero-order valence-electron chi connectivity index (χ0n) is 15.3. The lowest BCUT2D eigenvalue weighted by Gasteiger charge is -2.27. The first-order valence-electron chi connectivity index (χ1n) is 9.28. The molecule has 0 spiro atoms. The number of nitro groups is 1. The van der Waals surface area contributed by atoms with Crippen LogP contribution in [-0.4, -0.2) is 37.5 Å². The molecule has 0 bridgehead atoms. The summed E-state index contributed by atoms with van der Waals surface area (Å²) < 4.78 is 1.50. The lowest BCUT2D eigenvalue weighted by molar-refractivity contribution is -0.384. The first-order valence-corrected chi connectivity index (χ1v) is 9.28. The van der Waals surface area contributed by atoms with Crippen LogP contribution in [0.4, 0.5) is 5.69 Å². The third-order valence-electron chi connectivity index (χ3n) is 5.12. The Hall–Kier alpha value is -3.23. The number of rotatable bonds is 5. The van der Waals surface area contributed by atoms with Gasteiger partial charge in [-0.3, -0.25) is 19.7 Å². The molecule has 0 saturated heterocycles. The summed E-state index contributed by atoms with van der Waals surface area (Å²) in [6.07, 6.45) is 9.27. The van der Waals surface area contributed by atoms with Gasteiger partial charge in [-0.15, -0.1) is 0 Å². The fraction of sp³-hybridized carbons (Fsp3) is 0.421. The number of carbonyl (C=O) groups is 2. The first kappa shape index (κ1) is 19.5. The van der Waals surface area contributed by atoms with Gasteiger partial charge in [0.05, 0.1) is 17.2 Å². The molecule has 1 heterocycles. The smallest absolute Gasteiger partial charge is 0.308 e. The second kappa shape index (κ2) is 8.64. The van der Waals surface area contributed by atoms with Gasteiger partial charge in [-0.25, -0.2) is 4.98 Å². The average molecular weight is 386 g/mol. The fourth-order valence-corrected chi connectivity index (χ4v) is 3.64. The van der Waals surface area contributed by atoms with Crippen molar-refractivity contribution in [3.8, 4) is 5.69 Å². The van der Waals surface area contributed by atoms with Crippen LogP contribution in [-0.2, 0) is 4.79 Å². The van der Waals surface area contributed by atoms with E-state index in [4.69, 9.17) is 0 Å². The highest BCUT2D eigenvalue weighted by atomic mass is 16.6. The van der Waals surface area contributed by atoms with E-state index >= 15 is 0 Å². The zero-order valence-corrected chi connectivity index (χ0v) is 15.3. The van der Waals surface area contributed by atoms with Crippen molar-refractivity contribution in [1.82, 2.24) is 14.9 Å². The summed E-state index contributed by atoms with van der Waals surface area (Å²) in [4.78, 5) is 39.1. The van der Waals surface area contributed by atoms with Gasteiger partial charge in [-0.2, -0.15) is 0 Å². The van der Waals surface area contributed by atoms with Crippen molar-refractivity contribution in [1.29, 1.82) is 0 Å². The van der Waals surface area contributed by atoms with Gasteiger partial charge in [0.2, 0.25) is 0 Å². The molecular weight excluding hydrogens is 364 g/mol. The summed E-state index contributed by atoms with van der Waals surface area (Å²) in [6.45, 7) is 0. The molecule has 1 aromatic carbocycles. The quantitative estimate of drug-likeness (QED) is 0.601. The number of benzene rings is 1. The number of nitrogens with one attached hydrogen (secondary N) is 1. The number of nitrogens with zero attached hydrogens (tertiary/aromatic N) is 3. The normalized spacial score (nSPS) is 20.0. The second-order valence-corrected chi connectivity index (χ2v) is 6.95. The Morgan fingerprint density at radius 2 is 1.96 bits per heavy atom. The number of nitro benzene ring substituents is 1. The maximum absolute atomic E-state index is 12.7. The standard InChI is InChI=1S/C19H22N4O5/c24-18(21-15-6-4-2-1-3-5-14(15)19(25)26)13-7-8-16(17(11-13)23(27)28)22-10-9-20-12-22/h7-12,14-15H,1-6H2,(H,21,24)(H,25,26). The molecule has 2 N–H and O–H groups in total. The van der Waals surface area contributed by atoms with Crippen LogP contribution in [0.1, 0.15) is 48.9 Å². The second-order valence-electron chi connectivity index (χ2n) is 6.95. The van der Waals surface area contributed by atoms with Crippen LogP contribution in [0.3, 0.4) is 0 Å². The van der Waals surface area contributed by atoms with E-state index < -0.39 is 28.8 Å². The van der Waals surface area contributed by atoms with Crippen LogP contribution in [0.25, 0.3) is 5.69 Å². The maximum Gasteiger partial charge on any atom is 0.308 e. The van der Waals surface area contributed by atoms with E-state index in [9.17, 15) is 24.8 Å². The molecule has 0 aliphatic heterocycles. The summed E-state index contributed by atoms with van der Waals surface area (Å²) in [5.41, 5.74) is 0.202. The van der Waals surface area contributed by atoms with Gasteiger partial charge >= 0.3 is 5.97 Å². The third kappa shape index (κ3) is 4.36. The van der Waals surface area contributed by atoms with Crippen LogP contribution < -0.4 is 5.32 Å². The molecule has 2 atom stereocenters. The highest BCUT2D eigenvalue weighted by Gasteiger charge is 2.30. The Kier molecular flexibility index (Phi) is 6.03. The maximum atomic E-state index is 12.7. The zero-order chi connectivity index (χ0) is 20.1. The van der Waals surface area contributed by atoms with Crippen molar-refractivity contribution in [2.24, 2.45) is 5.92 Å². The summed E-state index contributed by atoms with van der Waals surface area (Å²) in [6, 6.07) is 3.71. The summed E-state index contributed by atoms with van der Waals surface area (Å²) in [7, 11) is 0. The van der Waals surface area contributed by atoms with E-state index in [1.54, 1.807) is 6.20 Å². The number of carbonyl (C=O) groups excluding carboxylic acids is 1. The van der Waals surface area contributed by atoms with Crippen molar-refractivity contribution >= 4 is 17.6 Å². The summed E-state index contributed by atoms with van der Waals surface area (Å²) in [5, 5.41) is 23.8.